The smallest absolute Gasteiger partial charge is 0.338 e. The summed E-state index contributed by atoms with van der Waals surface area (Å²) in [6.45, 7) is 4.68. The fourth-order valence-electron chi connectivity index (χ4n) is 12.3. The summed E-state index contributed by atoms with van der Waals surface area (Å²) in [4.78, 5) is 29.3. The van der Waals surface area contributed by atoms with Gasteiger partial charge in [-0.15, -0.1) is 0 Å². The van der Waals surface area contributed by atoms with E-state index < -0.39 is 88.3 Å². The molecule has 1 aromatic rings. The van der Waals surface area contributed by atoms with Crippen LogP contribution in [0.2, 0.25) is 0 Å². The molecule has 6 aliphatic rings. The Kier molecular flexibility index (Phi) is 7.69. The van der Waals surface area contributed by atoms with Gasteiger partial charge in [-0.3, -0.25) is 9.69 Å². The molecule has 0 radical (unpaired) electrons. The van der Waals surface area contributed by atoms with Crippen LogP contribution < -0.4 is 0 Å². The third kappa shape index (κ3) is 3.62. The molecule has 0 aromatic heterocycles. The number of methoxy groups -OCH3 is 4. The van der Waals surface area contributed by atoms with Gasteiger partial charge in [0, 0.05) is 83.0 Å². The largest absolute Gasteiger partial charge is 0.455 e. The first-order chi connectivity index (χ1) is 22.0. The number of hydrogen-bond acceptors (Lipinski definition) is 12. The van der Waals surface area contributed by atoms with E-state index in [2.05, 4.69) is 4.90 Å². The van der Waals surface area contributed by atoms with Gasteiger partial charge < -0.3 is 43.7 Å². The summed E-state index contributed by atoms with van der Waals surface area (Å²) in [5, 5.41) is 37.3. The van der Waals surface area contributed by atoms with E-state index >= 15 is 0 Å². The maximum absolute atomic E-state index is 13.8. The highest BCUT2D eigenvalue weighted by molar-refractivity contribution is 5.89. The van der Waals surface area contributed by atoms with E-state index in [0.29, 0.717) is 25.1 Å². The number of rotatable bonds is 9. The third-order valence-corrected chi connectivity index (χ3v) is 13.2. The van der Waals surface area contributed by atoms with E-state index in [1.165, 1.54) is 14.0 Å². The number of likely N-dealkylation sites (tertiary alicyclic amines) is 1. The van der Waals surface area contributed by atoms with Gasteiger partial charge >= 0.3 is 11.9 Å². The van der Waals surface area contributed by atoms with Crippen LogP contribution in [0.3, 0.4) is 0 Å². The molecule has 15 atom stereocenters. The second-order valence-corrected chi connectivity index (χ2v) is 14.4. The van der Waals surface area contributed by atoms with E-state index in [1.54, 1.807) is 51.7 Å². The first-order valence-electron chi connectivity index (χ1n) is 16.3. The van der Waals surface area contributed by atoms with Crippen molar-refractivity contribution in [2.24, 2.45) is 34.5 Å². The van der Waals surface area contributed by atoms with Gasteiger partial charge in [0.15, 0.2) is 5.60 Å². The molecule has 12 heteroatoms. The predicted molar refractivity (Wildman–Crippen MR) is 160 cm³/mol. The molecular weight excluding hydrogens is 598 g/mol. The number of aliphatic hydroxyl groups is 3. The Labute approximate surface area is 269 Å². The van der Waals surface area contributed by atoms with Crippen LogP contribution >= 0.6 is 0 Å². The summed E-state index contributed by atoms with van der Waals surface area (Å²) in [6.07, 6.45) is -5.49. The number of hydrogen-bond donors (Lipinski definition) is 3. The highest BCUT2D eigenvalue weighted by Gasteiger charge is 2.92. The average molecular weight is 646 g/mol. The number of fused-ring (bicyclic) bond motifs is 2. The minimum Gasteiger partial charge on any atom is -0.455 e. The number of carbonyl (C=O) groups excluding carboxylic acids is 2. The van der Waals surface area contributed by atoms with E-state index in [9.17, 15) is 24.9 Å². The summed E-state index contributed by atoms with van der Waals surface area (Å²) in [5.74, 6) is -3.65. The zero-order valence-electron chi connectivity index (χ0n) is 27.3. The van der Waals surface area contributed by atoms with Crippen molar-refractivity contribution in [2.45, 2.75) is 80.6 Å². The van der Waals surface area contributed by atoms with E-state index in [4.69, 9.17) is 28.4 Å². The SMILES string of the molecule is CCN1C[C@@]2(COC)[C@H](O)C[C@H](OC)[C@@]34[C@@H]5C[C@@]6(O)[C@H](OC(=O)c7ccccc7)[C@H]5[C@@](OC(C)=O)([C@H]([C@@H](OC)[C@H]23)[C@H]14)[C@H](O)[C@@H]6OC. The van der Waals surface area contributed by atoms with Crippen molar-refractivity contribution in [2.75, 3.05) is 48.1 Å². The minimum absolute atomic E-state index is 0.0791. The molecule has 1 heterocycles. The number of carbonyl (C=O) groups is 2. The topological polar surface area (TPSA) is 153 Å². The summed E-state index contributed by atoms with van der Waals surface area (Å²) in [6, 6.07) is 8.18. The van der Waals surface area contributed by atoms with Gasteiger partial charge in [0.1, 0.15) is 23.9 Å². The Hall–Kier alpha value is -2.16. The van der Waals surface area contributed by atoms with Crippen molar-refractivity contribution < 1.29 is 53.3 Å². The molecule has 3 N–H and O–H groups in total. The van der Waals surface area contributed by atoms with Crippen LogP contribution in [-0.2, 0) is 33.2 Å². The first-order valence-corrected chi connectivity index (χ1v) is 16.3. The quantitative estimate of drug-likeness (QED) is 0.323. The van der Waals surface area contributed by atoms with Crippen LogP contribution in [0, 0.1) is 34.5 Å². The van der Waals surface area contributed by atoms with Crippen molar-refractivity contribution in [3.8, 4) is 0 Å². The Morgan fingerprint density at radius 2 is 1.72 bits per heavy atom. The zero-order chi connectivity index (χ0) is 33.0. The fourth-order valence-corrected chi connectivity index (χ4v) is 12.3. The number of nitrogens with zero attached hydrogens (tertiary/aromatic N) is 1. The van der Waals surface area contributed by atoms with Crippen molar-refractivity contribution in [1.29, 1.82) is 0 Å². The minimum atomic E-state index is -1.83. The second kappa shape index (κ2) is 10.9. The number of benzene rings is 1. The summed E-state index contributed by atoms with van der Waals surface area (Å²) < 4.78 is 37.4. The molecule has 7 rings (SSSR count). The lowest BCUT2D eigenvalue weighted by Crippen LogP contribution is -2.81. The summed E-state index contributed by atoms with van der Waals surface area (Å²) >= 11 is 0. The molecule has 1 aromatic carbocycles. The van der Waals surface area contributed by atoms with Crippen molar-refractivity contribution in [3.63, 3.8) is 0 Å². The lowest BCUT2D eigenvalue weighted by atomic mass is 9.42. The highest BCUT2D eigenvalue weighted by Crippen LogP contribution is 2.80. The van der Waals surface area contributed by atoms with Crippen molar-refractivity contribution in [3.05, 3.63) is 35.9 Å². The Morgan fingerprint density at radius 3 is 2.30 bits per heavy atom. The molecule has 5 aliphatic carbocycles. The molecule has 0 amide bonds. The van der Waals surface area contributed by atoms with Crippen LogP contribution in [-0.4, -0.2) is 134 Å². The monoisotopic (exact) mass is 645 g/mol. The standard InChI is InChI=1S/C34H47NO11/c1-7-35-15-31(16-41-3)20(37)13-21(42-4)33-19-14-32(40)28(45-30(39)18-11-9-8-10-12-18)22(19)34(46-17(2)36,27(38)29(32)44-6)23(26(33)35)24(43-5)25(31)33/h8-12,19-29,37-38,40H,7,13-16H2,1-6H3/t19-,20-,21+,22+,23-,24-,25-,26+,27-,28-,29+,31-,32-,33+,34-/m1/s1. The Bertz CT molecular complexity index is 1360. The summed E-state index contributed by atoms with van der Waals surface area (Å²) in [7, 11) is 6.27. The van der Waals surface area contributed by atoms with Crippen molar-refractivity contribution >= 4 is 11.9 Å². The van der Waals surface area contributed by atoms with E-state index in [-0.39, 0.29) is 25.0 Å². The molecule has 1 spiro atoms. The molecule has 5 saturated carbocycles. The van der Waals surface area contributed by atoms with Crippen LogP contribution in [0.4, 0.5) is 0 Å². The first kappa shape index (κ1) is 32.4. The third-order valence-electron chi connectivity index (χ3n) is 13.2. The normalized spacial score (nSPS) is 49.9. The van der Waals surface area contributed by atoms with Gasteiger partial charge in [-0.1, -0.05) is 25.1 Å². The van der Waals surface area contributed by atoms with Gasteiger partial charge in [0.25, 0.3) is 0 Å². The molecular formula is C34H47NO11. The molecule has 254 valence electrons. The molecule has 1 saturated heterocycles. The average Bonchev–Trinajstić information content (AvgIpc) is 3.41. The molecule has 46 heavy (non-hydrogen) atoms. The highest BCUT2D eigenvalue weighted by atomic mass is 16.6. The summed E-state index contributed by atoms with van der Waals surface area (Å²) in [5.41, 5.74) is -4.79. The van der Waals surface area contributed by atoms with Gasteiger partial charge in [-0.05, 0) is 31.0 Å². The number of aliphatic hydroxyl groups excluding tert-OH is 2. The van der Waals surface area contributed by atoms with Crippen LogP contribution in [0.25, 0.3) is 0 Å². The lowest BCUT2D eigenvalue weighted by molar-refractivity contribution is -0.322. The van der Waals surface area contributed by atoms with E-state index in [1.807, 2.05) is 6.92 Å². The van der Waals surface area contributed by atoms with Crippen LogP contribution in [0.15, 0.2) is 30.3 Å². The molecule has 1 aliphatic heterocycles. The Morgan fingerprint density at radius 1 is 1.00 bits per heavy atom. The maximum Gasteiger partial charge on any atom is 0.338 e. The van der Waals surface area contributed by atoms with Gasteiger partial charge in [-0.2, -0.15) is 0 Å². The number of ether oxygens (including phenoxy) is 6. The molecule has 12 nitrogen and oxygen atoms in total. The molecule has 6 fully saturated rings. The van der Waals surface area contributed by atoms with Crippen LogP contribution in [0.5, 0.6) is 0 Å². The van der Waals surface area contributed by atoms with E-state index in [0.717, 1.165) is 0 Å². The van der Waals surface area contributed by atoms with Gasteiger partial charge in [0.2, 0.25) is 0 Å². The number of esters is 2. The molecule has 0 unspecified atom stereocenters. The zero-order valence-corrected chi connectivity index (χ0v) is 27.3. The predicted octanol–water partition coefficient (Wildman–Crippen LogP) is 0.648. The van der Waals surface area contributed by atoms with Gasteiger partial charge in [-0.25, -0.2) is 4.79 Å². The van der Waals surface area contributed by atoms with Crippen molar-refractivity contribution in [1.82, 2.24) is 4.90 Å². The van der Waals surface area contributed by atoms with Crippen LogP contribution in [0.1, 0.15) is 37.0 Å². The number of piperidine rings is 1. The fraction of sp³-hybridized carbons (Fsp3) is 0.765. The maximum atomic E-state index is 13.8. The molecule has 7 bridgehead atoms. The Balaban J connectivity index is 1.53. The van der Waals surface area contributed by atoms with Gasteiger partial charge in [0.05, 0.1) is 30.5 Å². The lowest BCUT2D eigenvalue weighted by Gasteiger charge is -2.70. The second-order valence-electron chi connectivity index (χ2n) is 14.4.